The smallest absolute Gasteiger partial charge is 0.343 e. The van der Waals surface area contributed by atoms with E-state index in [-0.39, 0.29) is 12.0 Å². The van der Waals surface area contributed by atoms with Crippen LogP contribution in [0.25, 0.3) is 0 Å². The van der Waals surface area contributed by atoms with Crippen LogP contribution < -0.4 is 4.74 Å². The molecule has 0 spiro atoms. The van der Waals surface area contributed by atoms with Gasteiger partial charge < -0.3 is 14.2 Å². The Morgan fingerprint density at radius 1 is 0.815 bits per heavy atom. The number of esters is 2. The van der Waals surface area contributed by atoms with Gasteiger partial charge in [-0.25, -0.2) is 9.59 Å². The standard InChI is InChI=1S/C22H26O5/c1-5-25-14-15-26-20(23)16-8-12-19(13-9-16)27-21(24)17-6-10-18(11-7-17)22(2,3)4/h6-13H,5,14-15H2,1-4H3. The fraction of sp³-hybridized carbons (Fsp3) is 0.364. The zero-order chi connectivity index (χ0) is 19.9. The molecular weight excluding hydrogens is 344 g/mol. The van der Waals surface area contributed by atoms with Crippen LogP contribution in [0.2, 0.25) is 0 Å². The molecule has 0 bridgehead atoms. The van der Waals surface area contributed by atoms with Gasteiger partial charge in [0.2, 0.25) is 0 Å². The molecular formula is C22H26O5. The number of ether oxygens (including phenoxy) is 3. The Labute approximate surface area is 160 Å². The first-order valence-electron chi connectivity index (χ1n) is 8.99. The van der Waals surface area contributed by atoms with Crippen molar-refractivity contribution >= 4 is 11.9 Å². The largest absolute Gasteiger partial charge is 0.460 e. The lowest BCUT2D eigenvalue weighted by Gasteiger charge is -2.18. The van der Waals surface area contributed by atoms with E-state index in [1.54, 1.807) is 36.4 Å². The maximum Gasteiger partial charge on any atom is 0.343 e. The summed E-state index contributed by atoms with van der Waals surface area (Å²) in [4.78, 5) is 24.2. The number of hydrogen-bond acceptors (Lipinski definition) is 5. The number of carbonyl (C=O) groups excluding carboxylic acids is 2. The van der Waals surface area contributed by atoms with Crippen molar-refractivity contribution in [3.8, 4) is 5.75 Å². The number of rotatable bonds is 7. The molecule has 0 heterocycles. The van der Waals surface area contributed by atoms with Crippen molar-refractivity contribution < 1.29 is 23.8 Å². The fourth-order valence-electron chi connectivity index (χ4n) is 2.35. The molecule has 2 rings (SSSR count). The maximum atomic E-state index is 12.3. The predicted molar refractivity (Wildman–Crippen MR) is 103 cm³/mol. The highest BCUT2D eigenvalue weighted by atomic mass is 16.6. The Morgan fingerprint density at radius 3 is 1.93 bits per heavy atom. The molecule has 0 unspecified atom stereocenters. The van der Waals surface area contributed by atoms with Gasteiger partial charge in [0.1, 0.15) is 12.4 Å². The third-order valence-electron chi connectivity index (χ3n) is 3.95. The summed E-state index contributed by atoms with van der Waals surface area (Å²) < 4.78 is 15.6. The van der Waals surface area contributed by atoms with Gasteiger partial charge in [0, 0.05) is 6.61 Å². The lowest BCUT2D eigenvalue weighted by molar-refractivity contribution is 0.0335. The molecule has 144 valence electrons. The van der Waals surface area contributed by atoms with Crippen molar-refractivity contribution in [1.29, 1.82) is 0 Å². The minimum Gasteiger partial charge on any atom is -0.460 e. The normalized spacial score (nSPS) is 11.1. The van der Waals surface area contributed by atoms with E-state index in [1.807, 2.05) is 19.1 Å². The molecule has 27 heavy (non-hydrogen) atoms. The van der Waals surface area contributed by atoms with Crippen molar-refractivity contribution in [2.75, 3.05) is 19.8 Å². The average Bonchev–Trinajstić information content (AvgIpc) is 2.65. The molecule has 2 aromatic carbocycles. The summed E-state index contributed by atoms with van der Waals surface area (Å²) in [7, 11) is 0. The molecule has 0 radical (unpaired) electrons. The van der Waals surface area contributed by atoms with E-state index in [1.165, 1.54) is 0 Å². The summed E-state index contributed by atoms with van der Waals surface area (Å²) in [5, 5.41) is 0. The van der Waals surface area contributed by atoms with Gasteiger partial charge in [-0.2, -0.15) is 0 Å². The molecule has 0 atom stereocenters. The van der Waals surface area contributed by atoms with E-state index in [4.69, 9.17) is 14.2 Å². The molecule has 0 amide bonds. The number of hydrogen-bond donors (Lipinski definition) is 0. The van der Waals surface area contributed by atoms with Crippen LogP contribution in [0.1, 0.15) is 54.0 Å². The van der Waals surface area contributed by atoms with Gasteiger partial charge in [-0.05, 0) is 54.3 Å². The molecule has 0 aliphatic carbocycles. The second-order valence-corrected chi connectivity index (χ2v) is 7.07. The highest BCUT2D eigenvalue weighted by molar-refractivity contribution is 5.92. The van der Waals surface area contributed by atoms with Gasteiger partial charge >= 0.3 is 11.9 Å². The molecule has 5 nitrogen and oxygen atoms in total. The highest BCUT2D eigenvalue weighted by Crippen LogP contribution is 2.23. The first-order valence-corrected chi connectivity index (χ1v) is 8.99. The van der Waals surface area contributed by atoms with Crippen LogP contribution in [-0.4, -0.2) is 31.8 Å². The van der Waals surface area contributed by atoms with Crippen LogP contribution >= 0.6 is 0 Å². The lowest BCUT2D eigenvalue weighted by Crippen LogP contribution is -2.13. The van der Waals surface area contributed by atoms with Crippen molar-refractivity contribution in [3.05, 3.63) is 65.2 Å². The summed E-state index contributed by atoms with van der Waals surface area (Å²) in [6.45, 7) is 9.37. The van der Waals surface area contributed by atoms with Crippen molar-refractivity contribution in [2.24, 2.45) is 0 Å². The van der Waals surface area contributed by atoms with Gasteiger partial charge in [0.05, 0.1) is 17.7 Å². The first kappa shape index (κ1) is 20.6. The Bertz CT molecular complexity index is 755. The van der Waals surface area contributed by atoms with E-state index in [2.05, 4.69) is 20.8 Å². The summed E-state index contributed by atoms with van der Waals surface area (Å²) >= 11 is 0. The van der Waals surface area contributed by atoms with E-state index in [9.17, 15) is 9.59 Å². The van der Waals surface area contributed by atoms with Gasteiger partial charge in [-0.1, -0.05) is 32.9 Å². The Kier molecular flexibility index (Phi) is 7.13. The van der Waals surface area contributed by atoms with Gasteiger partial charge in [0.25, 0.3) is 0 Å². The summed E-state index contributed by atoms with van der Waals surface area (Å²) in [6, 6.07) is 13.6. The second kappa shape index (κ2) is 9.33. The Hall–Kier alpha value is -2.66. The van der Waals surface area contributed by atoms with Gasteiger partial charge in [0.15, 0.2) is 0 Å². The average molecular weight is 370 g/mol. The molecule has 0 N–H and O–H groups in total. The van der Waals surface area contributed by atoms with Crippen molar-refractivity contribution in [3.63, 3.8) is 0 Å². The van der Waals surface area contributed by atoms with Crippen LogP contribution in [0.3, 0.4) is 0 Å². The van der Waals surface area contributed by atoms with Crippen molar-refractivity contribution in [2.45, 2.75) is 33.1 Å². The molecule has 0 saturated heterocycles. The minimum absolute atomic E-state index is 0.0234. The maximum absolute atomic E-state index is 12.3. The zero-order valence-electron chi connectivity index (χ0n) is 16.3. The molecule has 0 aromatic heterocycles. The summed E-state index contributed by atoms with van der Waals surface area (Å²) in [5.74, 6) is -0.515. The van der Waals surface area contributed by atoms with Crippen LogP contribution in [0.5, 0.6) is 5.75 Å². The first-order chi connectivity index (χ1) is 12.8. The van der Waals surface area contributed by atoms with Crippen LogP contribution in [0.15, 0.2) is 48.5 Å². The highest BCUT2D eigenvalue weighted by Gasteiger charge is 2.15. The molecule has 0 aliphatic heterocycles. The van der Waals surface area contributed by atoms with E-state index in [0.717, 1.165) is 5.56 Å². The SMILES string of the molecule is CCOCCOC(=O)c1ccc(OC(=O)c2ccc(C(C)(C)C)cc2)cc1. The Balaban J connectivity index is 1.93. The topological polar surface area (TPSA) is 61.8 Å². The second-order valence-electron chi connectivity index (χ2n) is 7.07. The number of benzene rings is 2. The molecule has 0 aliphatic rings. The summed E-state index contributed by atoms with van der Waals surface area (Å²) in [5.41, 5.74) is 2.03. The summed E-state index contributed by atoms with van der Waals surface area (Å²) in [6.07, 6.45) is 0. The van der Waals surface area contributed by atoms with Crippen LogP contribution in [0, 0.1) is 0 Å². The third kappa shape index (κ3) is 6.22. The van der Waals surface area contributed by atoms with Gasteiger partial charge in [-0.3, -0.25) is 0 Å². The number of carbonyl (C=O) groups is 2. The molecule has 2 aromatic rings. The van der Waals surface area contributed by atoms with Crippen LogP contribution in [0.4, 0.5) is 0 Å². The monoisotopic (exact) mass is 370 g/mol. The molecule has 0 saturated carbocycles. The predicted octanol–water partition coefficient (Wildman–Crippen LogP) is 4.40. The minimum atomic E-state index is -0.442. The third-order valence-corrected chi connectivity index (χ3v) is 3.95. The van der Waals surface area contributed by atoms with E-state index >= 15 is 0 Å². The fourth-order valence-corrected chi connectivity index (χ4v) is 2.35. The molecule has 0 fully saturated rings. The quantitative estimate of drug-likeness (QED) is 0.411. The molecule has 5 heteroatoms. The van der Waals surface area contributed by atoms with E-state index < -0.39 is 11.9 Å². The Morgan fingerprint density at radius 2 is 1.37 bits per heavy atom. The zero-order valence-corrected chi connectivity index (χ0v) is 16.3. The van der Waals surface area contributed by atoms with Crippen LogP contribution in [-0.2, 0) is 14.9 Å². The van der Waals surface area contributed by atoms with Gasteiger partial charge in [-0.15, -0.1) is 0 Å². The lowest BCUT2D eigenvalue weighted by atomic mass is 9.87. The van der Waals surface area contributed by atoms with E-state index in [0.29, 0.717) is 30.1 Å². The van der Waals surface area contributed by atoms with Crippen molar-refractivity contribution in [1.82, 2.24) is 0 Å².